The maximum atomic E-state index is 11.8. The predicted molar refractivity (Wildman–Crippen MR) is 47.8 cm³/mol. The number of rotatable bonds is 4. The molecule has 98 valence electrons. The molecule has 0 aromatic carbocycles. The van der Waals surface area contributed by atoms with E-state index in [1.807, 2.05) is 0 Å². The SMILES string of the molecule is CCC(CC)(C(=O)O)C(=O)OC(=O)C(F)(F)F. The molecule has 0 unspecified atom stereocenters. The third-order valence-electron chi connectivity index (χ3n) is 2.42. The second-order valence-electron chi connectivity index (χ2n) is 3.27. The molecule has 1 N–H and O–H groups in total. The van der Waals surface area contributed by atoms with E-state index in [0.717, 1.165) is 0 Å². The van der Waals surface area contributed by atoms with Crippen LogP contribution in [0, 0.1) is 5.41 Å². The van der Waals surface area contributed by atoms with Crippen molar-refractivity contribution in [1.29, 1.82) is 0 Å². The Morgan fingerprint density at radius 2 is 1.47 bits per heavy atom. The number of alkyl halides is 3. The summed E-state index contributed by atoms with van der Waals surface area (Å²) < 4.78 is 39.0. The largest absolute Gasteiger partial charge is 0.491 e. The van der Waals surface area contributed by atoms with Crippen molar-refractivity contribution < 1.29 is 37.4 Å². The highest BCUT2D eigenvalue weighted by Crippen LogP contribution is 2.29. The van der Waals surface area contributed by atoms with E-state index in [1.165, 1.54) is 13.8 Å². The van der Waals surface area contributed by atoms with Crippen LogP contribution in [-0.2, 0) is 19.1 Å². The Kier molecular flexibility index (Phi) is 4.67. The minimum atomic E-state index is -5.33. The monoisotopic (exact) mass is 256 g/mol. The highest BCUT2D eigenvalue weighted by atomic mass is 19.4. The van der Waals surface area contributed by atoms with Gasteiger partial charge in [0, 0.05) is 0 Å². The molecule has 0 spiro atoms. The second-order valence-corrected chi connectivity index (χ2v) is 3.27. The van der Waals surface area contributed by atoms with Crippen molar-refractivity contribution in [2.24, 2.45) is 5.41 Å². The smallest absolute Gasteiger partial charge is 0.480 e. The van der Waals surface area contributed by atoms with Crippen molar-refractivity contribution in [1.82, 2.24) is 0 Å². The van der Waals surface area contributed by atoms with Gasteiger partial charge in [0.1, 0.15) is 0 Å². The molecule has 0 aromatic rings. The maximum absolute atomic E-state index is 11.8. The Labute approximate surface area is 94.5 Å². The van der Waals surface area contributed by atoms with Gasteiger partial charge >= 0.3 is 24.1 Å². The average molecular weight is 256 g/mol. The molecule has 5 nitrogen and oxygen atoms in total. The van der Waals surface area contributed by atoms with Crippen molar-refractivity contribution in [3.05, 3.63) is 0 Å². The summed E-state index contributed by atoms with van der Waals surface area (Å²) in [7, 11) is 0. The second kappa shape index (κ2) is 5.15. The summed E-state index contributed by atoms with van der Waals surface area (Å²) in [6.07, 6.45) is -5.88. The average Bonchev–Trinajstić information content (AvgIpc) is 2.18. The Bertz CT molecular complexity index is 330. The Hall–Kier alpha value is -1.60. The molecule has 0 atom stereocenters. The molecule has 0 saturated heterocycles. The number of carbonyl (C=O) groups is 3. The maximum Gasteiger partial charge on any atom is 0.491 e. The zero-order valence-corrected chi connectivity index (χ0v) is 9.13. The summed E-state index contributed by atoms with van der Waals surface area (Å²) >= 11 is 0. The molecule has 8 heteroatoms. The topological polar surface area (TPSA) is 80.7 Å². The summed E-state index contributed by atoms with van der Waals surface area (Å²) in [5, 5.41) is 8.82. The minimum Gasteiger partial charge on any atom is -0.480 e. The summed E-state index contributed by atoms with van der Waals surface area (Å²) in [5.41, 5.74) is -2.12. The molecule has 0 bridgehead atoms. The van der Waals surface area contributed by atoms with E-state index in [4.69, 9.17) is 5.11 Å². The van der Waals surface area contributed by atoms with E-state index in [2.05, 4.69) is 4.74 Å². The van der Waals surface area contributed by atoms with Crippen LogP contribution >= 0.6 is 0 Å². The molecule has 0 heterocycles. The lowest BCUT2D eigenvalue weighted by atomic mass is 9.82. The van der Waals surface area contributed by atoms with Gasteiger partial charge in [0.15, 0.2) is 5.41 Å². The van der Waals surface area contributed by atoms with E-state index in [0.29, 0.717) is 0 Å². The van der Waals surface area contributed by atoms with Gasteiger partial charge in [-0.3, -0.25) is 9.59 Å². The van der Waals surface area contributed by atoms with Crippen LogP contribution in [0.5, 0.6) is 0 Å². The van der Waals surface area contributed by atoms with Gasteiger partial charge in [-0.25, -0.2) is 4.79 Å². The lowest BCUT2D eigenvalue weighted by Gasteiger charge is -2.23. The number of aliphatic carboxylic acids is 1. The summed E-state index contributed by atoms with van der Waals surface area (Å²) in [6, 6.07) is 0. The molecular weight excluding hydrogens is 245 g/mol. The molecular formula is C9H11F3O5. The lowest BCUT2D eigenvalue weighted by Crippen LogP contribution is -2.42. The number of carbonyl (C=O) groups excluding carboxylic acids is 2. The number of hydrogen-bond acceptors (Lipinski definition) is 4. The molecule has 17 heavy (non-hydrogen) atoms. The van der Waals surface area contributed by atoms with Crippen LogP contribution < -0.4 is 0 Å². The number of halogens is 3. The first kappa shape index (κ1) is 15.4. The molecule has 0 aromatic heterocycles. The van der Waals surface area contributed by atoms with E-state index >= 15 is 0 Å². The Morgan fingerprint density at radius 1 is 1.06 bits per heavy atom. The third kappa shape index (κ3) is 3.18. The van der Waals surface area contributed by atoms with Crippen LogP contribution in [0.1, 0.15) is 26.7 Å². The van der Waals surface area contributed by atoms with Gasteiger partial charge in [-0.05, 0) is 12.8 Å². The van der Waals surface area contributed by atoms with Crippen molar-refractivity contribution in [2.45, 2.75) is 32.9 Å². The third-order valence-corrected chi connectivity index (χ3v) is 2.42. The summed E-state index contributed by atoms with van der Waals surface area (Å²) in [6.45, 7) is 2.61. The zero-order valence-electron chi connectivity index (χ0n) is 9.13. The fourth-order valence-corrected chi connectivity index (χ4v) is 1.17. The quantitative estimate of drug-likeness (QED) is 0.609. The van der Waals surface area contributed by atoms with Crippen LogP contribution in [0.4, 0.5) is 13.2 Å². The van der Waals surface area contributed by atoms with Gasteiger partial charge in [-0.2, -0.15) is 13.2 Å². The first-order chi connectivity index (χ1) is 7.61. The number of hydrogen-bond donors (Lipinski definition) is 1. The molecule has 0 fully saturated rings. The van der Waals surface area contributed by atoms with Crippen LogP contribution in [0.3, 0.4) is 0 Å². The molecule has 0 amide bonds. The van der Waals surface area contributed by atoms with Crippen LogP contribution in [0.25, 0.3) is 0 Å². The minimum absolute atomic E-state index is 0.275. The molecule has 0 aliphatic heterocycles. The number of carboxylic acids is 1. The molecule has 0 rings (SSSR count). The van der Waals surface area contributed by atoms with E-state index in [9.17, 15) is 27.6 Å². The first-order valence-corrected chi connectivity index (χ1v) is 4.68. The number of carboxylic acid groups (broad SMARTS) is 1. The fourth-order valence-electron chi connectivity index (χ4n) is 1.17. The van der Waals surface area contributed by atoms with Crippen LogP contribution in [0.2, 0.25) is 0 Å². The molecule has 0 aliphatic rings. The van der Waals surface area contributed by atoms with Gasteiger partial charge in [0.05, 0.1) is 0 Å². The normalized spacial score (nSPS) is 12.1. The molecule has 0 saturated carbocycles. The van der Waals surface area contributed by atoms with Gasteiger partial charge in [-0.15, -0.1) is 0 Å². The first-order valence-electron chi connectivity index (χ1n) is 4.68. The number of esters is 2. The highest BCUT2D eigenvalue weighted by Gasteiger charge is 2.49. The fraction of sp³-hybridized carbons (Fsp3) is 0.667. The summed E-state index contributed by atoms with van der Waals surface area (Å²) in [4.78, 5) is 32.6. The van der Waals surface area contributed by atoms with Gasteiger partial charge in [-0.1, -0.05) is 13.8 Å². The van der Waals surface area contributed by atoms with Gasteiger partial charge in [0.25, 0.3) is 0 Å². The zero-order chi connectivity index (χ0) is 13.9. The Morgan fingerprint density at radius 3 is 1.71 bits per heavy atom. The molecule has 0 radical (unpaired) electrons. The highest BCUT2D eigenvalue weighted by molar-refractivity contribution is 6.03. The van der Waals surface area contributed by atoms with Crippen LogP contribution in [0.15, 0.2) is 0 Å². The number of ether oxygens (including phenoxy) is 1. The van der Waals surface area contributed by atoms with Gasteiger partial charge < -0.3 is 9.84 Å². The predicted octanol–water partition coefficient (Wildman–Crippen LogP) is 1.51. The van der Waals surface area contributed by atoms with Crippen molar-refractivity contribution in [2.75, 3.05) is 0 Å². The van der Waals surface area contributed by atoms with Gasteiger partial charge in [0.2, 0.25) is 0 Å². The Balaban J connectivity index is 5.03. The lowest BCUT2D eigenvalue weighted by molar-refractivity contribution is -0.206. The van der Waals surface area contributed by atoms with Crippen LogP contribution in [-0.4, -0.2) is 29.2 Å². The summed E-state index contributed by atoms with van der Waals surface area (Å²) in [5.74, 6) is -6.03. The molecule has 0 aliphatic carbocycles. The van der Waals surface area contributed by atoms with E-state index < -0.39 is 29.5 Å². The van der Waals surface area contributed by atoms with E-state index in [-0.39, 0.29) is 12.8 Å². The van der Waals surface area contributed by atoms with Crippen molar-refractivity contribution in [3.8, 4) is 0 Å². The van der Waals surface area contributed by atoms with E-state index in [1.54, 1.807) is 0 Å². The van der Waals surface area contributed by atoms with Crippen molar-refractivity contribution in [3.63, 3.8) is 0 Å². The van der Waals surface area contributed by atoms with Crippen molar-refractivity contribution >= 4 is 17.9 Å². The standard InChI is InChI=1S/C9H11F3O5/c1-3-8(4-2,5(13)14)6(15)17-7(16)9(10,11)12/h3-4H2,1-2H3,(H,13,14).